The highest BCUT2D eigenvalue weighted by molar-refractivity contribution is 6.36. The van der Waals surface area contributed by atoms with Crippen LogP contribution in [0, 0.1) is 11.3 Å². The van der Waals surface area contributed by atoms with Gasteiger partial charge in [-0.2, -0.15) is 5.26 Å². The van der Waals surface area contributed by atoms with Gasteiger partial charge in [0.2, 0.25) is 0 Å². The molecular formula is C33H36ClN9O. The maximum Gasteiger partial charge on any atom is 0.291 e. The van der Waals surface area contributed by atoms with Gasteiger partial charge < -0.3 is 24.7 Å². The Labute approximate surface area is 262 Å². The quantitative estimate of drug-likeness (QED) is 0.302. The van der Waals surface area contributed by atoms with Crippen molar-refractivity contribution in [3.63, 3.8) is 0 Å². The molecule has 4 aromatic rings. The molecule has 1 amide bonds. The molecule has 2 N–H and O–H groups in total. The Morgan fingerprint density at radius 3 is 2.30 bits per heavy atom. The Balaban J connectivity index is 1.27. The van der Waals surface area contributed by atoms with Crippen LogP contribution in [0.15, 0.2) is 43.0 Å². The molecule has 44 heavy (non-hydrogen) atoms. The highest BCUT2D eigenvalue weighted by Crippen LogP contribution is 2.38. The maximum absolute atomic E-state index is 13.4. The number of halogens is 1. The summed E-state index contributed by atoms with van der Waals surface area (Å²) in [7, 11) is 5.93. The highest BCUT2D eigenvalue weighted by atomic mass is 35.5. The van der Waals surface area contributed by atoms with Gasteiger partial charge in [0.05, 0.1) is 39.0 Å². The standard InChI is InChI=1S/C33H36ClN9O/c1-6-43-16-14-29-27(19-43)37-31(41(29)4)20(2)36-24-11-7-9-21(23(24)17-35)22-10-8-12-25(30(22)34)39-33(44)32-38-26-18-40(3)15-13-28(26)42(32)5/h7-12,36H,2,6,13-16,18-19H2,1,3-5H3,(H,39,44). The average Bonchev–Trinajstić information content (AvgIpc) is 3.53. The van der Waals surface area contributed by atoms with Crippen LogP contribution in [-0.2, 0) is 40.0 Å². The van der Waals surface area contributed by atoms with Crippen molar-refractivity contribution in [2.45, 2.75) is 32.9 Å². The van der Waals surface area contributed by atoms with E-state index in [0.29, 0.717) is 51.2 Å². The van der Waals surface area contributed by atoms with Crippen LogP contribution in [0.3, 0.4) is 0 Å². The first-order valence-electron chi connectivity index (χ1n) is 14.8. The third-order valence-corrected chi connectivity index (χ3v) is 9.11. The number of amides is 1. The number of aromatic nitrogens is 4. The van der Waals surface area contributed by atoms with E-state index in [1.54, 1.807) is 6.07 Å². The molecule has 0 aliphatic carbocycles. The van der Waals surface area contributed by atoms with E-state index in [0.717, 1.165) is 61.9 Å². The molecule has 2 aliphatic rings. The first-order chi connectivity index (χ1) is 21.2. The van der Waals surface area contributed by atoms with Crippen molar-refractivity contribution < 1.29 is 4.79 Å². The van der Waals surface area contributed by atoms with Gasteiger partial charge in [-0.05, 0) is 25.7 Å². The van der Waals surface area contributed by atoms with E-state index in [4.69, 9.17) is 16.6 Å². The fourth-order valence-corrected chi connectivity index (χ4v) is 6.49. The lowest BCUT2D eigenvalue weighted by molar-refractivity contribution is 0.101. The van der Waals surface area contributed by atoms with E-state index in [-0.39, 0.29) is 5.91 Å². The van der Waals surface area contributed by atoms with Gasteiger partial charge in [-0.3, -0.25) is 9.69 Å². The molecule has 226 valence electrons. The normalized spacial score (nSPS) is 14.9. The van der Waals surface area contributed by atoms with E-state index >= 15 is 0 Å². The van der Waals surface area contributed by atoms with E-state index in [2.05, 4.69) is 49.6 Å². The van der Waals surface area contributed by atoms with Gasteiger partial charge in [-0.15, -0.1) is 0 Å². The monoisotopic (exact) mass is 609 g/mol. The first kappa shape index (κ1) is 29.6. The molecule has 0 saturated carbocycles. The number of anilines is 2. The van der Waals surface area contributed by atoms with E-state index in [1.807, 2.05) is 56.0 Å². The summed E-state index contributed by atoms with van der Waals surface area (Å²) in [6, 6.07) is 13.3. The number of fused-ring (bicyclic) bond motifs is 2. The van der Waals surface area contributed by atoms with E-state index in [9.17, 15) is 10.1 Å². The number of carbonyl (C=O) groups is 1. The number of nitriles is 1. The predicted octanol–water partition coefficient (Wildman–Crippen LogP) is 5.05. The zero-order valence-electron chi connectivity index (χ0n) is 25.5. The number of likely N-dealkylation sites (N-methyl/N-ethyl adjacent to an activating group) is 2. The number of nitrogens with zero attached hydrogens (tertiary/aromatic N) is 7. The van der Waals surface area contributed by atoms with Crippen molar-refractivity contribution >= 4 is 34.6 Å². The summed E-state index contributed by atoms with van der Waals surface area (Å²) in [5.41, 5.74) is 7.60. The lowest BCUT2D eigenvalue weighted by atomic mass is 9.98. The molecule has 0 radical (unpaired) electrons. The average molecular weight is 610 g/mol. The Kier molecular flexibility index (Phi) is 8.03. The summed E-state index contributed by atoms with van der Waals surface area (Å²) >= 11 is 6.91. The molecule has 0 spiro atoms. The van der Waals surface area contributed by atoms with Crippen molar-refractivity contribution in [3.8, 4) is 17.2 Å². The number of benzene rings is 2. The second kappa shape index (κ2) is 11.9. The van der Waals surface area contributed by atoms with Gasteiger partial charge in [0, 0.05) is 75.6 Å². The van der Waals surface area contributed by atoms with Gasteiger partial charge >= 0.3 is 0 Å². The summed E-state index contributed by atoms with van der Waals surface area (Å²) in [6.07, 6.45) is 1.77. The van der Waals surface area contributed by atoms with Crippen LogP contribution in [0.2, 0.25) is 5.02 Å². The van der Waals surface area contributed by atoms with Gasteiger partial charge in [-0.25, -0.2) is 9.97 Å². The third kappa shape index (κ3) is 5.28. The molecule has 0 atom stereocenters. The molecule has 6 rings (SSSR count). The number of imidazole rings is 2. The molecule has 0 unspecified atom stereocenters. The zero-order valence-corrected chi connectivity index (χ0v) is 26.3. The smallest absolute Gasteiger partial charge is 0.291 e. The van der Waals surface area contributed by atoms with Gasteiger partial charge in [0.15, 0.2) is 11.6 Å². The molecule has 0 fully saturated rings. The second-order valence-electron chi connectivity index (χ2n) is 11.4. The fraction of sp³-hybridized carbons (Fsp3) is 0.333. The van der Waals surface area contributed by atoms with E-state index < -0.39 is 0 Å². The number of hydrogen-bond donors (Lipinski definition) is 2. The molecule has 0 bridgehead atoms. The van der Waals surface area contributed by atoms with Crippen molar-refractivity contribution in [2.24, 2.45) is 14.1 Å². The molecule has 4 heterocycles. The van der Waals surface area contributed by atoms with E-state index in [1.165, 1.54) is 5.69 Å². The van der Waals surface area contributed by atoms with Crippen molar-refractivity contribution in [3.05, 3.63) is 88.0 Å². The molecule has 11 heteroatoms. The number of nitrogens with one attached hydrogen (secondary N) is 2. The third-order valence-electron chi connectivity index (χ3n) is 8.70. The van der Waals surface area contributed by atoms with Crippen LogP contribution < -0.4 is 10.6 Å². The van der Waals surface area contributed by atoms with Crippen LogP contribution in [0.5, 0.6) is 0 Å². The lowest BCUT2D eigenvalue weighted by Gasteiger charge is -2.24. The van der Waals surface area contributed by atoms with Gasteiger partial charge in [0.1, 0.15) is 6.07 Å². The molecule has 2 aromatic heterocycles. The summed E-state index contributed by atoms with van der Waals surface area (Å²) in [6.45, 7) is 10.9. The number of rotatable bonds is 7. The Morgan fingerprint density at radius 1 is 0.932 bits per heavy atom. The van der Waals surface area contributed by atoms with Crippen LogP contribution in [0.1, 0.15) is 51.7 Å². The SMILES string of the molecule is C=C(Nc1cccc(-c2cccc(NC(=O)c3nc4c(n3C)CCN(C)C4)c2Cl)c1C#N)c1nc2c(n1C)CCN(CC)C2. The minimum atomic E-state index is -0.337. The van der Waals surface area contributed by atoms with Gasteiger partial charge in [0.25, 0.3) is 5.91 Å². The van der Waals surface area contributed by atoms with Crippen LogP contribution >= 0.6 is 11.6 Å². The largest absolute Gasteiger partial charge is 0.352 e. The zero-order chi connectivity index (χ0) is 31.1. The molecular weight excluding hydrogens is 574 g/mol. The summed E-state index contributed by atoms with van der Waals surface area (Å²) in [5, 5.41) is 16.9. The van der Waals surface area contributed by atoms with Crippen LogP contribution in [0.4, 0.5) is 11.4 Å². The maximum atomic E-state index is 13.4. The van der Waals surface area contributed by atoms with Gasteiger partial charge in [-0.1, -0.05) is 49.4 Å². The Hall–Kier alpha value is -4.43. The lowest BCUT2D eigenvalue weighted by Crippen LogP contribution is -2.30. The Morgan fingerprint density at radius 2 is 1.57 bits per heavy atom. The minimum absolute atomic E-state index is 0.337. The minimum Gasteiger partial charge on any atom is -0.352 e. The summed E-state index contributed by atoms with van der Waals surface area (Å²) in [5.74, 6) is 0.746. The van der Waals surface area contributed by atoms with Crippen LogP contribution in [-0.4, -0.2) is 61.5 Å². The second-order valence-corrected chi connectivity index (χ2v) is 11.8. The summed E-state index contributed by atoms with van der Waals surface area (Å²) < 4.78 is 3.95. The Bertz CT molecular complexity index is 1830. The molecule has 2 aliphatic heterocycles. The number of hydrogen-bond acceptors (Lipinski definition) is 7. The van der Waals surface area contributed by atoms with Crippen molar-refractivity contribution in [1.82, 2.24) is 28.9 Å². The fourth-order valence-electron chi connectivity index (χ4n) is 6.22. The van der Waals surface area contributed by atoms with Crippen molar-refractivity contribution in [2.75, 3.05) is 37.3 Å². The predicted molar refractivity (Wildman–Crippen MR) is 173 cm³/mol. The van der Waals surface area contributed by atoms with Crippen LogP contribution in [0.25, 0.3) is 16.8 Å². The molecule has 10 nitrogen and oxygen atoms in total. The number of carbonyl (C=O) groups excluding carboxylic acids is 1. The van der Waals surface area contributed by atoms with Crippen molar-refractivity contribution in [1.29, 1.82) is 5.26 Å². The highest BCUT2D eigenvalue weighted by Gasteiger charge is 2.26. The molecule has 0 saturated heterocycles. The topological polar surface area (TPSA) is 107 Å². The summed E-state index contributed by atoms with van der Waals surface area (Å²) in [4.78, 5) is 27.4. The molecule has 2 aromatic carbocycles. The first-order valence-corrected chi connectivity index (χ1v) is 15.2.